The average Bonchev–Trinajstić information content (AvgIpc) is 3.28. The summed E-state index contributed by atoms with van der Waals surface area (Å²) in [5.74, 6) is -1.76. The minimum absolute atomic E-state index is 0.0110. The minimum Gasteiger partial charge on any atom is -0.504 e. The van der Waals surface area contributed by atoms with Gasteiger partial charge in [-0.15, -0.1) is 11.3 Å². The number of methoxy groups -OCH3 is 1. The van der Waals surface area contributed by atoms with Crippen molar-refractivity contribution in [3.63, 3.8) is 0 Å². The molecule has 0 saturated carbocycles. The third kappa shape index (κ3) is 6.74. The van der Waals surface area contributed by atoms with Crippen LogP contribution in [0.1, 0.15) is 32.5 Å². The van der Waals surface area contributed by atoms with Crippen LogP contribution in [0, 0.1) is 0 Å². The van der Waals surface area contributed by atoms with Crippen molar-refractivity contribution in [3.05, 3.63) is 88.8 Å². The van der Waals surface area contributed by atoms with Gasteiger partial charge in [-0.25, -0.2) is 5.43 Å². The van der Waals surface area contributed by atoms with Crippen molar-refractivity contribution in [1.82, 2.24) is 5.43 Å². The van der Waals surface area contributed by atoms with Crippen molar-refractivity contribution in [1.29, 1.82) is 0 Å². The first-order chi connectivity index (χ1) is 19.2. The molecular weight excluding hydrogens is 534 g/mol. The summed E-state index contributed by atoms with van der Waals surface area (Å²) in [5.41, 5.74) is 3.99. The molecule has 0 saturated heterocycles. The molecular formula is C28H25N5O6S. The molecule has 1 aromatic heterocycles. The predicted molar refractivity (Wildman–Crippen MR) is 154 cm³/mol. The van der Waals surface area contributed by atoms with E-state index >= 15 is 0 Å². The van der Waals surface area contributed by atoms with Crippen LogP contribution in [0.3, 0.4) is 0 Å². The summed E-state index contributed by atoms with van der Waals surface area (Å²) in [5, 5.41) is 31.9. The number of thiophene rings is 1. The first-order valence-electron chi connectivity index (χ1n) is 11.8. The number of benzene rings is 3. The van der Waals surface area contributed by atoms with E-state index in [1.807, 2.05) is 18.2 Å². The fourth-order valence-electron chi connectivity index (χ4n) is 3.55. The molecule has 0 aliphatic rings. The number of hydrogen-bond acceptors (Lipinski definition) is 9. The zero-order valence-corrected chi connectivity index (χ0v) is 22.2. The van der Waals surface area contributed by atoms with Crippen LogP contribution in [-0.4, -0.2) is 41.3 Å². The van der Waals surface area contributed by atoms with Gasteiger partial charge in [-0.2, -0.15) is 5.10 Å². The van der Waals surface area contributed by atoms with Gasteiger partial charge in [0.2, 0.25) is 5.91 Å². The van der Waals surface area contributed by atoms with Crippen molar-refractivity contribution in [2.45, 2.75) is 6.92 Å². The van der Waals surface area contributed by atoms with Crippen LogP contribution in [0.2, 0.25) is 0 Å². The standard InChI is InChI=1S/C28H25N5O6S/c1-16(34)30-24-23(26(37)31-19-9-11-20(39-2)12-10-19)28(32-18-6-4-3-5-7-18)40-25(24)27(38)33-29-15-17-8-13-21(35)22(36)14-17/h3-15,32,35-36H,1-2H3,(H,30,34)(H,31,37)(H,33,38)/b29-15+. The van der Waals surface area contributed by atoms with Gasteiger partial charge in [0.05, 0.1) is 24.6 Å². The molecule has 0 aliphatic carbocycles. The Morgan fingerprint density at radius 2 is 1.60 bits per heavy atom. The Balaban J connectivity index is 1.69. The monoisotopic (exact) mass is 559 g/mol. The molecule has 4 aromatic rings. The number of para-hydroxylation sites is 1. The highest BCUT2D eigenvalue weighted by molar-refractivity contribution is 7.19. The van der Waals surface area contributed by atoms with Gasteiger partial charge < -0.3 is 30.9 Å². The highest BCUT2D eigenvalue weighted by Crippen LogP contribution is 2.40. The lowest BCUT2D eigenvalue weighted by atomic mass is 10.2. The van der Waals surface area contributed by atoms with E-state index in [1.165, 1.54) is 38.4 Å². The van der Waals surface area contributed by atoms with E-state index in [-0.39, 0.29) is 27.6 Å². The Kier molecular flexibility index (Phi) is 8.62. The van der Waals surface area contributed by atoms with Crippen molar-refractivity contribution in [2.24, 2.45) is 5.10 Å². The van der Waals surface area contributed by atoms with Gasteiger partial charge in [-0.1, -0.05) is 18.2 Å². The number of phenols is 2. The third-order valence-corrected chi connectivity index (χ3v) is 6.51. The maximum atomic E-state index is 13.5. The van der Waals surface area contributed by atoms with Gasteiger partial charge in [-0.3, -0.25) is 14.4 Å². The summed E-state index contributed by atoms with van der Waals surface area (Å²) in [7, 11) is 1.53. The van der Waals surface area contributed by atoms with Crippen LogP contribution in [0.15, 0.2) is 77.9 Å². The van der Waals surface area contributed by atoms with Crippen molar-refractivity contribution in [3.8, 4) is 17.2 Å². The molecule has 0 aliphatic heterocycles. The SMILES string of the molecule is COc1ccc(NC(=O)c2c(Nc3ccccc3)sc(C(=O)N/N=C/c3ccc(O)c(O)c3)c2NC(C)=O)cc1. The van der Waals surface area contributed by atoms with E-state index in [9.17, 15) is 24.6 Å². The second-order valence-electron chi connectivity index (χ2n) is 8.31. The molecule has 0 radical (unpaired) electrons. The van der Waals surface area contributed by atoms with Gasteiger partial charge in [0.25, 0.3) is 11.8 Å². The van der Waals surface area contributed by atoms with Crippen LogP contribution in [0.25, 0.3) is 0 Å². The van der Waals surface area contributed by atoms with Crippen LogP contribution in [0.4, 0.5) is 22.1 Å². The largest absolute Gasteiger partial charge is 0.504 e. The molecule has 0 fully saturated rings. The topological polar surface area (TPSA) is 161 Å². The van der Waals surface area contributed by atoms with Crippen LogP contribution in [-0.2, 0) is 4.79 Å². The Hall–Kier alpha value is -5.36. The normalized spacial score (nSPS) is 10.7. The quantitative estimate of drug-likeness (QED) is 0.0967. The summed E-state index contributed by atoms with van der Waals surface area (Å²) in [6.07, 6.45) is 1.27. The summed E-state index contributed by atoms with van der Waals surface area (Å²) < 4.78 is 5.16. The number of ether oxygens (including phenoxy) is 1. The molecule has 11 nitrogen and oxygen atoms in total. The van der Waals surface area contributed by atoms with E-state index in [0.29, 0.717) is 27.7 Å². The fourth-order valence-corrected chi connectivity index (χ4v) is 4.61. The molecule has 4 rings (SSSR count). The average molecular weight is 560 g/mol. The summed E-state index contributed by atoms with van der Waals surface area (Å²) in [6, 6.07) is 19.8. The first kappa shape index (κ1) is 27.7. The zero-order chi connectivity index (χ0) is 28.6. The number of rotatable bonds is 9. The molecule has 40 heavy (non-hydrogen) atoms. The lowest BCUT2D eigenvalue weighted by Gasteiger charge is -2.11. The van der Waals surface area contributed by atoms with Crippen LogP contribution in [0.5, 0.6) is 17.2 Å². The van der Waals surface area contributed by atoms with E-state index in [2.05, 4.69) is 26.5 Å². The highest BCUT2D eigenvalue weighted by atomic mass is 32.1. The number of aromatic hydroxyl groups is 2. The second-order valence-corrected chi connectivity index (χ2v) is 9.33. The summed E-state index contributed by atoms with van der Waals surface area (Å²) in [6.45, 7) is 1.27. The number of nitrogens with zero attached hydrogens (tertiary/aromatic N) is 1. The Morgan fingerprint density at radius 3 is 2.25 bits per heavy atom. The number of carbonyl (C=O) groups is 3. The molecule has 12 heteroatoms. The molecule has 0 unspecified atom stereocenters. The van der Waals surface area contributed by atoms with Crippen LogP contribution < -0.4 is 26.1 Å². The third-order valence-electron chi connectivity index (χ3n) is 5.40. The summed E-state index contributed by atoms with van der Waals surface area (Å²) in [4.78, 5) is 38.9. The van der Waals surface area contributed by atoms with E-state index in [0.717, 1.165) is 11.3 Å². The van der Waals surface area contributed by atoms with Crippen molar-refractivity contribution in [2.75, 3.05) is 23.1 Å². The smallest absolute Gasteiger partial charge is 0.283 e. The number of hydrazone groups is 1. The molecule has 0 atom stereocenters. The number of hydrogen-bond donors (Lipinski definition) is 6. The lowest BCUT2D eigenvalue weighted by Crippen LogP contribution is -2.21. The lowest BCUT2D eigenvalue weighted by molar-refractivity contribution is -0.114. The van der Waals surface area contributed by atoms with E-state index in [4.69, 9.17) is 4.74 Å². The highest BCUT2D eigenvalue weighted by Gasteiger charge is 2.28. The Labute approximate surface area is 233 Å². The molecule has 6 N–H and O–H groups in total. The maximum absolute atomic E-state index is 13.5. The van der Waals surface area contributed by atoms with Gasteiger partial charge >= 0.3 is 0 Å². The maximum Gasteiger partial charge on any atom is 0.283 e. The number of anilines is 4. The Morgan fingerprint density at radius 1 is 0.875 bits per heavy atom. The fraction of sp³-hybridized carbons (Fsp3) is 0.0714. The number of phenolic OH excluding ortho intramolecular Hbond substituents is 2. The van der Waals surface area contributed by atoms with Gasteiger partial charge in [0.15, 0.2) is 11.5 Å². The zero-order valence-electron chi connectivity index (χ0n) is 21.4. The number of nitrogens with one attached hydrogen (secondary N) is 4. The number of carbonyl (C=O) groups excluding carboxylic acids is 3. The van der Waals surface area contributed by atoms with Gasteiger partial charge in [-0.05, 0) is 60.2 Å². The van der Waals surface area contributed by atoms with E-state index < -0.39 is 17.7 Å². The molecule has 3 amide bonds. The second kappa shape index (κ2) is 12.5. The van der Waals surface area contributed by atoms with Crippen LogP contribution >= 0.6 is 11.3 Å². The molecule has 0 bridgehead atoms. The molecule has 0 spiro atoms. The molecule has 1 heterocycles. The minimum atomic E-state index is -0.687. The van der Waals surface area contributed by atoms with Gasteiger partial charge in [0, 0.05) is 18.3 Å². The van der Waals surface area contributed by atoms with Crippen molar-refractivity contribution >= 4 is 57.3 Å². The molecule has 204 valence electrons. The molecule has 3 aromatic carbocycles. The van der Waals surface area contributed by atoms with E-state index in [1.54, 1.807) is 36.4 Å². The number of amides is 3. The van der Waals surface area contributed by atoms with Gasteiger partial charge in [0.1, 0.15) is 15.6 Å². The predicted octanol–water partition coefficient (Wildman–Crippen LogP) is 4.89. The Bertz CT molecular complexity index is 1570. The first-order valence-corrected chi connectivity index (χ1v) is 12.6. The van der Waals surface area contributed by atoms with Crippen molar-refractivity contribution < 1.29 is 29.3 Å². The summed E-state index contributed by atoms with van der Waals surface area (Å²) >= 11 is 0.961.